The van der Waals surface area contributed by atoms with Crippen LogP contribution in [0.5, 0.6) is 0 Å². The molecule has 3 heterocycles. The number of aromatic nitrogens is 2. The van der Waals surface area contributed by atoms with Crippen LogP contribution in [-0.2, 0) is 17.6 Å². The third-order valence-electron chi connectivity index (χ3n) is 5.82. The number of aryl methyl sites for hydroxylation is 1. The molecule has 2 aromatic heterocycles. The van der Waals surface area contributed by atoms with Crippen LogP contribution in [-0.4, -0.2) is 48.1 Å². The van der Waals surface area contributed by atoms with Crippen LogP contribution in [0.3, 0.4) is 0 Å². The molecule has 0 N–H and O–H groups in total. The van der Waals surface area contributed by atoms with Crippen molar-refractivity contribution >= 4 is 22.6 Å². The van der Waals surface area contributed by atoms with E-state index in [9.17, 15) is 4.79 Å². The highest BCUT2D eigenvalue weighted by Gasteiger charge is 2.28. The van der Waals surface area contributed by atoms with E-state index < -0.39 is 0 Å². The van der Waals surface area contributed by atoms with Gasteiger partial charge in [-0.3, -0.25) is 4.79 Å². The van der Waals surface area contributed by atoms with Gasteiger partial charge in [-0.2, -0.15) is 4.98 Å². The molecule has 0 bridgehead atoms. The number of carbonyl (C=O) groups excluding carboxylic acids is 1. The SMILES string of the molecule is CN(C)CC1Cc2ccccc2N(C(=O)CCc2nc(-c3cc4ccccc4o3)no2)C1. The van der Waals surface area contributed by atoms with E-state index in [0.29, 0.717) is 36.2 Å². The smallest absolute Gasteiger partial charge is 0.238 e. The molecule has 1 aliphatic rings. The predicted octanol–water partition coefficient (Wildman–Crippen LogP) is 4.18. The Labute approximate surface area is 186 Å². The number of nitrogens with zero attached hydrogens (tertiary/aromatic N) is 4. The number of amides is 1. The molecule has 164 valence electrons. The molecule has 7 nitrogen and oxygen atoms in total. The van der Waals surface area contributed by atoms with Gasteiger partial charge in [-0.25, -0.2) is 0 Å². The van der Waals surface area contributed by atoms with Crippen molar-refractivity contribution in [1.82, 2.24) is 15.0 Å². The zero-order valence-electron chi connectivity index (χ0n) is 18.3. The third kappa shape index (κ3) is 4.16. The van der Waals surface area contributed by atoms with Crippen molar-refractivity contribution in [3.8, 4) is 11.6 Å². The summed E-state index contributed by atoms with van der Waals surface area (Å²) in [5, 5.41) is 5.03. The molecule has 0 saturated heterocycles. The van der Waals surface area contributed by atoms with Crippen molar-refractivity contribution in [3.05, 3.63) is 66.1 Å². The molecule has 0 radical (unpaired) electrons. The Morgan fingerprint density at radius 2 is 1.97 bits per heavy atom. The summed E-state index contributed by atoms with van der Waals surface area (Å²) in [6.07, 6.45) is 1.69. The highest BCUT2D eigenvalue weighted by atomic mass is 16.5. The molecule has 7 heteroatoms. The van der Waals surface area contributed by atoms with Crippen LogP contribution in [0.4, 0.5) is 5.69 Å². The van der Waals surface area contributed by atoms with Crippen molar-refractivity contribution in [3.63, 3.8) is 0 Å². The summed E-state index contributed by atoms with van der Waals surface area (Å²) in [7, 11) is 4.14. The third-order valence-corrected chi connectivity index (χ3v) is 5.82. The Hall–Kier alpha value is -3.45. The van der Waals surface area contributed by atoms with Crippen LogP contribution in [0.1, 0.15) is 17.9 Å². The van der Waals surface area contributed by atoms with Gasteiger partial charge in [-0.15, -0.1) is 0 Å². The average molecular weight is 431 g/mol. The van der Waals surface area contributed by atoms with Gasteiger partial charge in [0.25, 0.3) is 0 Å². The van der Waals surface area contributed by atoms with Gasteiger partial charge in [0.15, 0.2) is 5.76 Å². The minimum absolute atomic E-state index is 0.0735. The summed E-state index contributed by atoms with van der Waals surface area (Å²) in [5.74, 6) is 1.88. The quantitative estimate of drug-likeness (QED) is 0.457. The Balaban J connectivity index is 1.28. The maximum atomic E-state index is 13.2. The van der Waals surface area contributed by atoms with Crippen molar-refractivity contribution in [2.24, 2.45) is 5.92 Å². The number of hydrogen-bond donors (Lipinski definition) is 0. The van der Waals surface area contributed by atoms with E-state index in [4.69, 9.17) is 8.94 Å². The topological polar surface area (TPSA) is 75.6 Å². The minimum atomic E-state index is 0.0735. The first-order valence-electron chi connectivity index (χ1n) is 10.9. The molecule has 1 aliphatic heterocycles. The molecular formula is C25H26N4O3. The summed E-state index contributed by atoms with van der Waals surface area (Å²) in [5.41, 5.74) is 3.02. The second kappa shape index (κ2) is 8.59. The fourth-order valence-corrected chi connectivity index (χ4v) is 4.45. The summed E-state index contributed by atoms with van der Waals surface area (Å²) in [6, 6.07) is 17.8. The van der Waals surface area contributed by atoms with Crippen molar-refractivity contribution in [1.29, 1.82) is 0 Å². The zero-order valence-corrected chi connectivity index (χ0v) is 18.3. The first-order valence-corrected chi connectivity index (χ1v) is 10.9. The fourth-order valence-electron chi connectivity index (χ4n) is 4.45. The van der Waals surface area contributed by atoms with Gasteiger partial charge in [-0.05, 0) is 50.2 Å². The molecule has 32 heavy (non-hydrogen) atoms. The molecule has 2 aromatic carbocycles. The molecule has 0 saturated carbocycles. The van der Waals surface area contributed by atoms with Crippen LogP contribution in [0.2, 0.25) is 0 Å². The molecular weight excluding hydrogens is 404 g/mol. The lowest BCUT2D eigenvalue weighted by atomic mass is 9.91. The van der Waals surface area contributed by atoms with Gasteiger partial charge in [0.1, 0.15) is 5.58 Å². The monoisotopic (exact) mass is 430 g/mol. The second-order valence-electron chi connectivity index (χ2n) is 8.63. The van der Waals surface area contributed by atoms with E-state index in [1.165, 1.54) is 5.56 Å². The molecule has 4 aromatic rings. The summed E-state index contributed by atoms with van der Waals surface area (Å²) in [6.45, 7) is 1.67. The van der Waals surface area contributed by atoms with E-state index in [1.54, 1.807) is 0 Å². The lowest BCUT2D eigenvalue weighted by Crippen LogP contribution is -2.43. The lowest BCUT2D eigenvalue weighted by molar-refractivity contribution is -0.118. The van der Waals surface area contributed by atoms with Gasteiger partial charge < -0.3 is 18.7 Å². The van der Waals surface area contributed by atoms with E-state index in [0.717, 1.165) is 36.2 Å². The Kier molecular flexibility index (Phi) is 5.49. The number of furan rings is 1. The maximum absolute atomic E-state index is 13.2. The van der Waals surface area contributed by atoms with Crippen LogP contribution in [0.15, 0.2) is 63.5 Å². The highest BCUT2D eigenvalue weighted by molar-refractivity contribution is 5.94. The number of para-hydroxylation sites is 2. The molecule has 5 rings (SSSR count). The molecule has 1 amide bonds. The fraction of sp³-hybridized carbons (Fsp3) is 0.320. The van der Waals surface area contributed by atoms with Crippen LogP contribution >= 0.6 is 0 Å². The summed E-state index contributed by atoms with van der Waals surface area (Å²) >= 11 is 0. The first kappa shape index (κ1) is 20.5. The predicted molar refractivity (Wildman–Crippen MR) is 122 cm³/mol. The Morgan fingerprint density at radius 1 is 1.16 bits per heavy atom. The van der Waals surface area contributed by atoms with E-state index in [2.05, 4.69) is 35.2 Å². The van der Waals surface area contributed by atoms with E-state index >= 15 is 0 Å². The molecule has 0 spiro atoms. The molecule has 0 fully saturated rings. The van der Waals surface area contributed by atoms with E-state index in [1.807, 2.05) is 53.4 Å². The Bertz CT molecular complexity index is 1210. The molecule has 1 unspecified atom stereocenters. The first-order chi connectivity index (χ1) is 15.6. The van der Waals surface area contributed by atoms with Gasteiger partial charge in [-0.1, -0.05) is 41.6 Å². The van der Waals surface area contributed by atoms with Crippen LogP contribution < -0.4 is 4.90 Å². The van der Waals surface area contributed by atoms with Crippen LogP contribution in [0, 0.1) is 5.92 Å². The second-order valence-corrected chi connectivity index (χ2v) is 8.63. The largest absolute Gasteiger partial charge is 0.453 e. The number of benzene rings is 2. The standard InChI is InChI=1S/C25H26N4O3/c1-28(2)15-17-13-18-7-3-5-9-20(18)29(16-17)24(30)12-11-23-26-25(27-32-23)22-14-19-8-4-6-10-21(19)31-22/h3-10,14,17H,11-13,15-16H2,1-2H3. The van der Waals surface area contributed by atoms with Crippen molar-refractivity contribution < 1.29 is 13.7 Å². The van der Waals surface area contributed by atoms with Crippen LogP contribution in [0.25, 0.3) is 22.6 Å². The number of carbonyl (C=O) groups is 1. The normalized spacial score (nSPS) is 16.0. The Morgan fingerprint density at radius 3 is 2.81 bits per heavy atom. The van der Waals surface area contributed by atoms with E-state index in [-0.39, 0.29) is 5.91 Å². The molecule has 1 atom stereocenters. The van der Waals surface area contributed by atoms with Crippen molar-refractivity contribution in [2.75, 3.05) is 32.1 Å². The average Bonchev–Trinajstić information content (AvgIpc) is 3.43. The van der Waals surface area contributed by atoms with Gasteiger partial charge in [0.05, 0.1) is 0 Å². The minimum Gasteiger partial charge on any atom is -0.453 e. The van der Waals surface area contributed by atoms with Gasteiger partial charge in [0, 0.05) is 37.0 Å². The van der Waals surface area contributed by atoms with Gasteiger partial charge in [0.2, 0.25) is 17.6 Å². The zero-order chi connectivity index (χ0) is 22.1. The molecule has 0 aliphatic carbocycles. The highest BCUT2D eigenvalue weighted by Crippen LogP contribution is 2.31. The van der Waals surface area contributed by atoms with Crippen molar-refractivity contribution in [2.45, 2.75) is 19.3 Å². The lowest BCUT2D eigenvalue weighted by Gasteiger charge is -2.35. The van der Waals surface area contributed by atoms with Gasteiger partial charge >= 0.3 is 0 Å². The summed E-state index contributed by atoms with van der Waals surface area (Å²) in [4.78, 5) is 21.7. The summed E-state index contributed by atoms with van der Waals surface area (Å²) < 4.78 is 11.2. The number of anilines is 1. The maximum Gasteiger partial charge on any atom is 0.238 e. The number of rotatable bonds is 6. The number of hydrogen-bond acceptors (Lipinski definition) is 6. The number of fused-ring (bicyclic) bond motifs is 2.